The molecule has 1 aromatic heterocycles. The third-order valence-electron chi connectivity index (χ3n) is 3.91. The fourth-order valence-corrected chi connectivity index (χ4v) is 2.86. The molecule has 0 radical (unpaired) electrons. The Kier molecular flexibility index (Phi) is 3.49. The van der Waals surface area contributed by atoms with Crippen LogP contribution >= 0.6 is 0 Å². The van der Waals surface area contributed by atoms with Crippen LogP contribution in [-0.4, -0.2) is 9.78 Å². The number of hydrogen-bond donors (Lipinski definition) is 1. The van der Waals surface area contributed by atoms with Crippen molar-refractivity contribution in [2.75, 3.05) is 0 Å². The lowest BCUT2D eigenvalue weighted by molar-refractivity contribution is 0.292. The number of nitrogens with zero attached hydrogens (tertiary/aromatic N) is 2. The van der Waals surface area contributed by atoms with E-state index < -0.39 is 0 Å². The summed E-state index contributed by atoms with van der Waals surface area (Å²) in [6, 6.07) is 8.52. The first-order valence-corrected chi connectivity index (χ1v) is 7.22. The van der Waals surface area contributed by atoms with Crippen molar-refractivity contribution in [1.82, 2.24) is 9.78 Å². The van der Waals surface area contributed by atoms with Gasteiger partial charge in [0.05, 0.1) is 11.4 Å². The minimum Gasteiger partial charge on any atom is -0.487 e. The van der Waals surface area contributed by atoms with Gasteiger partial charge in [0, 0.05) is 12.6 Å². The van der Waals surface area contributed by atoms with Crippen molar-refractivity contribution < 1.29 is 4.74 Å². The van der Waals surface area contributed by atoms with Crippen molar-refractivity contribution in [2.45, 2.75) is 45.9 Å². The molecule has 1 heterocycles. The molecule has 0 fully saturated rings. The van der Waals surface area contributed by atoms with E-state index >= 15 is 0 Å². The SMILES string of the molecule is CCn1nc(C)cc1COc1ccc2c(c1)CCC2N. The smallest absolute Gasteiger partial charge is 0.130 e. The van der Waals surface area contributed by atoms with Gasteiger partial charge in [0.15, 0.2) is 0 Å². The van der Waals surface area contributed by atoms with Crippen molar-refractivity contribution in [3.05, 3.63) is 46.8 Å². The van der Waals surface area contributed by atoms with Crippen molar-refractivity contribution in [1.29, 1.82) is 0 Å². The minimum absolute atomic E-state index is 0.197. The second-order valence-electron chi connectivity index (χ2n) is 5.39. The number of aryl methyl sites for hydroxylation is 3. The van der Waals surface area contributed by atoms with Crippen LogP contribution in [0.1, 0.15) is 41.9 Å². The molecule has 0 aliphatic heterocycles. The summed E-state index contributed by atoms with van der Waals surface area (Å²) in [5.41, 5.74) is 10.8. The number of benzene rings is 1. The van der Waals surface area contributed by atoms with Crippen LogP contribution in [-0.2, 0) is 19.6 Å². The largest absolute Gasteiger partial charge is 0.487 e. The normalized spacial score (nSPS) is 17.2. The molecule has 1 atom stereocenters. The first-order valence-electron chi connectivity index (χ1n) is 7.22. The summed E-state index contributed by atoms with van der Waals surface area (Å²) in [4.78, 5) is 0. The molecule has 4 nitrogen and oxygen atoms in total. The predicted octanol–water partition coefficient (Wildman–Crippen LogP) is 2.74. The van der Waals surface area contributed by atoms with E-state index in [1.54, 1.807) is 0 Å². The summed E-state index contributed by atoms with van der Waals surface area (Å²) < 4.78 is 7.89. The third kappa shape index (κ3) is 2.43. The van der Waals surface area contributed by atoms with Gasteiger partial charge in [0.2, 0.25) is 0 Å². The zero-order chi connectivity index (χ0) is 14.1. The van der Waals surface area contributed by atoms with Gasteiger partial charge in [0.25, 0.3) is 0 Å². The van der Waals surface area contributed by atoms with Crippen molar-refractivity contribution in [2.24, 2.45) is 5.73 Å². The van der Waals surface area contributed by atoms with E-state index in [0.717, 1.165) is 36.5 Å². The van der Waals surface area contributed by atoms with Gasteiger partial charge >= 0.3 is 0 Å². The summed E-state index contributed by atoms with van der Waals surface area (Å²) in [7, 11) is 0. The van der Waals surface area contributed by atoms with Gasteiger partial charge in [-0.2, -0.15) is 5.10 Å². The molecule has 0 bridgehead atoms. The highest BCUT2D eigenvalue weighted by molar-refractivity contribution is 5.40. The molecule has 2 aromatic rings. The van der Waals surface area contributed by atoms with Crippen LogP contribution in [0, 0.1) is 6.92 Å². The van der Waals surface area contributed by atoms with Crippen LogP contribution < -0.4 is 10.5 Å². The average molecular weight is 271 g/mol. The highest BCUT2D eigenvalue weighted by Crippen LogP contribution is 2.32. The van der Waals surface area contributed by atoms with E-state index in [2.05, 4.69) is 30.2 Å². The molecule has 4 heteroatoms. The zero-order valence-corrected chi connectivity index (χ0v) is 12.1. The molecule has 1 unspecified atom stereocenters. The maximum Gasteiger partial charge on any atom is 0.130 e. The molecule has 1 aliphatic carbocycles. The summed E-state index contributed by atoms with van der Waals surface area (Å²) in [6.45, 7) is 5.52. The average Bonchev–Trinajstić information content (AvgIpc) is 2.99. The Labute approximate surface area is 119 Å². The lowest BCUT2D eigenvalue weighted by atomic mass is 10.1. The maximum atomic E-state index is 6.05. The summed E-state index contributed by atoms with van der Waals surface area (Å²) in [5.74, 6) is 0.916. The molecule has 0 saturated carbocycles. The quantitative estimate of drug-likeness (QED) is 0.930. The van der Waals surface area contributed by atoms with Crippen LogP contribution in [0.4, 0.5) is 0 Å². The van der Waals surface area contributed by atoms with E-state index in [4.69, 9.17) is 10.5 Å². The maximum absolute atomic E-state index is 6.05. The van der Waals surface area contributed by atoms with Gasteiger partial charge in [-0.25, -0.2) is 0 Å². The Morgan fingerprint density at radius 3 is 3.05 bits per heavy atom. The fraction of sp³-hybridized carbons (Fsp3) is 0.438. The number of fused-ring (bicyclic) bond motifs is 1. The summed E-state index contributed by atoms with van der Waals surface area (Å²) >= 11 is 0. The lowest BCUT2D eigenvalue weighted by Gasteiger charge is -2.10. The number of ether oxygens (including phenoxy) is 1. The summed E-state index contributed by atoms with van der Waals surface area (Å²) in [5, 5.41) is 4.43. The summed E-state index contributed by atoms with van der Waals surface area (Å²) in [6.07, 6.45) is 2.10. The van der Waals surface area contributed by atoms with Crippen molar-refractivity contribution in [3.63, 3.8) is 0 Å². The molecule has 3 rings (SSSR count). The number of aromatic nitrogens is 2. The lowest BCUT2D eigenvalue weighted by Crippen LogP contribution is -2.07. The molecular weight excluding hydrogens is 250 g/mol. The van der Waals surface area contributed by atoms with Gasteiger partial charge in [0.1, 0.15) is 12.4 Å². The van der Waals surface area contributed by atoms with Crippen LogP contribution in [0.25, 0.3) is 0 Å². The fourth-order valence-electron chi connectivity index (χ4n) is 2.86. The Hall–Kier alpha value is -1.81. The third-order valence-corrected chi connectivity index (χ3v) is 3.91. The second kappa shape index (κ2) is 5.29. The highest BCUT2D eigenvalue weighted by atomic mass is 16.5. The molecule has 0 saturated heterocycles. The molecule has 1 aliphatic rings. The number of nitrogens with two attached hydrogens (primary N) is 1. The molecule has 1 aromatic carbocycles. The number of hydrogen-bond acceptors (Lipinski definition) is 3. The van der Waals surface area contributed by atoms with Gasteiger partial charge in [-0.05, 0) is 56.0 Å². The van der Waals surface area contributed by atoms with Gasteiger partial charge < -0.3 is 10.5 Å². The van der Waals surface area contributed by atoms with Crippen LogP contribution in [0.15, 0.2) is 24.3 Å². The standard InChI is InChI=1S/C16H21N3O/c1-3-19-13(8-11(2)18-19)10-20-14-5-6-15-12(9-14)4-7-16(15)17/h5-6,8-9,16H,3-4,7,10,17H2,1-2H3. The topological polar surface area (TPSA) is 53.1 Å². The Bertz CT molecular complexity index is 618. The van der Waals surface area contributed by atoms with Crippen LogP contribution in [0.2, 0.25) is 0 Å². The van der Waals surface area contributed by atoms with Crippen molar-refractivity contribution in [3.8, 4) is 5.75 Å². The van der Waals surface area contributed by atoms with Crippen LogP contribution in [0.3, 0.4) is 0 Å². The second-order valence-corrected chi connectivity index (χ2v) is 5.39. The Balaban J connectivity index is 1.72. The Morgan fingerprint density at radius 2 is 2.25 bits per heavy atom. The molecule has 0 spiro atoms. The van der Waals surface area contributed by atoms with Gasteiger partial charge in [-0.15, -0.1) is 0 Å². The number of rotatable bonds is 4. The Morgan fingerprint density at radius 1 is 1.40 bits per heavy atom. The first kappa shape index (κ1) is 13.2. The molecule has 2 N–H and O–H groups in total. The monoisotopic (exact) mass is 271 g/mol. The molecular formula is C16H21N3O. The first-order chi connectivity index (χ1) is 9.67. The van der Waals surface area contributed by atoms with E-state index in [0.29, 0.717) is 6.61 Å². The molecule has 0 amide bonds. The predicted molar refractivity (Wildman–Crippen MR) is 78.7 cm³/mol. The van der Waals surface area contributed by atoms with E-state index in [-0.39, 0.29) is 6.04 Å². The van der Waals surface area contributed by atoms with Crippen LogP contribution in [0.5, 0.6) is 5.75 Å². The van der Waals surface area contributed by atoms with Gasteiger partial charge in [-0.1, -0.05) is 6.07 Å². The molecule has 20 heavy (non-hydrogen) atoms. The van der Waals surface area contributed by atoms with E-state index in [1.807, 2.05) is 17.7 Å². The van der Waals surface area contributed by atoms with E-state index in [1.165, 1.54) is 11.1 Å². The molecule has 106 valence electrons. The highest BCUT2D eigenvalue weighted by Gasteiger charge is 2.19. The minimum atomic E-state index is 0.197. The van der Waals surface area contributed by atoms with Crippen molar-refractivity contribution >= 4 is 0 Å². The van der Waals surface area contributed by atoms with Gasteiger partial charge in [-0.3, -0.25) is 4.68 Å². The van der Waals surface area contributed by atoms with E-state index in [9.17, 15) is 0 Å². The zero-order valence-electron chi connectivity index (χ0n) is 12.1.